The minimum Gasteiger partial charge on any atom is -0.395 e. The molecule has 0 aliphatic heterocycles. The standard InChI is InChI=1S/2C6H15NO3.Ni/c2*8-4-1-7(2-5-9)3-6-10;/h2*8-10H,1-6H2;/q;;+2. The van der Waals surface area contributed by atoms with Crippen molar-refractivity contribution in [3.8, 4) is 0 Å². The smallest absolute Gasteiger partial charge is 0.395 e. The van der Waals surface area contributed by atoms with Crippen LogP contribution < -0.4 is 0 Å². The summed E-state index contributed by atoms with van der Waals surface area (Å²) in [5.74, 6) is 0. The summed E-state index contributed by atoms with van der Waals surface area (Å²) >= 11 is 0. The zero-order valence-corrected chi connectivity index (χ0v) is 13.4. The summed E-state index contributed by atoms with van der Waals surface area (Å²) in [6.07, 6.45) is 0. The van der Waals surface area contributed by atoms with Gasteiger partial charge < -0.3 is 30.6 Å². The number of rotatable bonds is 12. The van der Waals surface area contributed by atoms with E-state index in [1.807, 2.05) is 0 Å². The Hall–Kier alpha value is 0.174. The molecule has 0 atom stereocenters. The first-order valence-corrected chi connectivity index (χ1v) is 6.79. The minimum atomic E-state index is 0. The molecule has 0 aliphatic rings. The average Bonchev–Trinajstić information content (AvgIpc) is 2.41. The maximum Gasteiger partial charge on any atom is 2.00 e. The fourth-order valence-electron chi connectivity index (χ4n) is 1.52. The molecule has 0 spiro atoms. The van der Waals surface area contributed by atoms with Gasteiger partial charge in [0, 0.05) is 39.3 Å². The fraction of sp³-hybridized carbons (Fsp3) is 1.00. The van der Waals surface area contributed by atoms with Crippen molar-refractivity contribution in [1.82, 2.24) is 9.80 Å². The molecule has 132 valence electrons. The van der Waals surface area contributed by atoms with E-state index in [0.717, 1.165) is 0 Å². The van der Waals surface area contributed by atoms with E-state index in [4.69, 9.17) is 30.6 Å². The van der Waals surface area contributed by atoms with Crippen molar-refractivity contribution in [2.45, 2.75) is 0 Å². The van der Waals surface area contributed by atoms with E-state index in [-0.39, 0.29) is 56.1 Å². The fourth-order valence-corrected chi connectivity index (χ4v) is 1.52. The molecule has 6 N–H and O–H groups in total. The van der Waals surface area contributed by atoms with Gasteiger partial charge in [-0.25, -0.2) is 0 Å². The Morgan fingerprint density at radius 2 is 0.524 bits per heavy atom. The van der Waals surface area contributed by atoms with Gasteiger partial charge in [0.1, 0.15) is 0 Å². The molecule has 0 bridgehead atoms. The second-order valence-electron chi connectivity index (χ2n) is 4.02. The van der Waals surface area contributed by atoms with Crippen LogP contribution in [0.3, 0.4) is 0 Å². The minimum absolute atomic E-state index is 0. The van der Waals surface area contributed by atoms with Crippen LogP contribution in [0.4, 0.5) is 0 Å². The number of nitrogens with zero attached hydrogens (tertiary/aromatic N) is 2. The van der Waals surface area contributed by atoms with Gasteiger partial charge in [-0.3, -0.25) is 9.80 Å². The number of aliphatic hydroxyl groups excluding tert-OH is 6. The van der Waals surface area contributed by atoms with Crippen molar-refractivity contribution in [3.63, 3.8) is 0 Å². The molecule has 0 unspecified atom stereocenters. The van der Waals surface area contributed by atoms with Gasteiger partial charge in [0.25, 0.3) is 0 Å². The van der Waals surface area contributed by atoms with Crippen molar-refractivity contribution >= 4 is 0 Å². The van der Waals surface area contributed by atoms with Gasteiger partial charge in [0.2, 0.25) is 0 Å². The molecular formula is C12H30N2NiO6+2. The molecule has 0 aliphatic carbocycles. The number of hydrogen-bond donors (Lipinski definition) is 6. The third kappa shape index (κ3) is 20.2. The Balaban J connectivity index is -0.000000295. The van der Waals surface area contributed by atoms with Crippen molar-refractivity contribution in [3.05, 3.63) is 0 Å². The van der Waals surface area contributed by atoms with E-state index in [1.54, 1.807) is 9.80 Å². The van der Waals surface area contributed by atoms with Crippen LogP contribution in [0.5, 0.6) is 0 Å². The summed E-state index contributed by atoms with van der Waals surface area (Å²) in [5.41, 5.74) is 0. The third-order valence-corrected chi connectivity index (χ3v) is 2.50. The average molecular weight is 357 g/mol. The Morgan fingerprint density at radius 1 is 0.381 bits per heavy atom. The first-order valence-electron chi connectivity index (χ1n) is 6.79. The van der Waals surface area contributed by atoms with Crippen molar-refractivity contribution in [1.29, 1.82) is 0 Å². The van der Waals surface area contributed by atoms with E-state index < -0.39 is 0 Å². The number of hydrogen-bond acceptors (Lipinski definition) is 8. The van der Waals surface area contributed by atoms with Crippen LogP contribution in [0, 0.1) is 0 Å². The van der Waals surface area contributed by atoms with Crippen LogP contribution in [0.15, 0.2) is 0 Å². The molecule has 8 nitrogen and oxygen atoms in total. The maximum atomic E-state index is 8.48. The quantitative estimate of drug-likeness (QED) is 0.199. The Morgan fingerprint density at radius 3 is 0.619 bits per heavy atom. The molecule has 0 saturated heterocycles. The molecule has 0 aromatic rings. The van der Waals surface area contributed by atoms with Crippen LogP contribution in [0.25, 0.3) is 0 Å². The van der Waals surface area contributed by atoms with Gasteiger partial charge in [-0.2, -0.15) is 0 Å². The van der Waals surface area contributed by atoms with Gasteiger partial charge in [-0.05, 0) is 0 Å². The molecule has 0 rings (SSSR count). The van der Waals surface area contributed by atoms with Gasteiger partial charge in [-0.15, -0.1) is 0 Å². The zero-order chi connectivity index (χ0) is 15.6. The van der Waals surface area contributed by atoms with E-state index in [2.05, 4.69) is 0 Å². The van der Waals surface area contributed by atoms with Gasteiger partial charge in [0.05, 0.1) is 39.6 Å². The predicted octanol–water partition coefficient (Wildman–Crippen LogP) is -3.47. The van der Waals surface area contributed by atoms with E-state index in [9.17, 15) is 0 Å². The zero-order valence-electron chi connectivity index (χ0n) is 12.4. The second-order valence-corrected chi connectivity index (χ2v) is 4.02. The summed E-state index contributed by atoms with van der Waals surface area (Å²) < 4.78 is 0. The summed E-state index contributed by atoms with van der Waals surface area (Å²) in [4.78, 5) is 3.58. The van der Waals surface area contributed by atoms with Crippen LogP contribution in [-0.4, -0.2) is 119 Å². The van der Waals surface area contributed by atoms with Gasteiger partial charge >= 0.3 is 16.5 Å². The first-order chi connectivity index (χ1) is 9.69. The molecule has 9 heteroatoms. The summed E-state index contributed by atoms with van der Waals surface area (Å²) in [5, 5.41) is 50.9. The van der Waals surface area contributed by atoms with E-state index in [0.29, 0.717) is 39.3 Å². The molecule has 0 radical (unpaired) electrons. The Bertz CT molecular complexity index is 135. The van der Waals surface area contributed by atoms with Gasteiger partial charge in [0.15, 0.2) is 0 Å². The summed E-state index contributed by atoms with van der Waals surface area (Å²) in [6.45, 7) is 3.51. The SMILES string of the molecule is OCCN(CCO)CCO.OCCN(CCO)CCO.[Ni+2]. The van der Waals surface area contributed by atoms with Gasteiger partial charge in [-0.1, -0.05) is 0 Å². The van der Waals surface area contributed by atoms with Crippen LogP contribution in [0.2, 0.25) is 0 Å². The Labute approximate surface area is 136 Å². The van der Waals surface area contributed by atoms with Crippen LogP contribution >= 0.6 is 0 Å². The maximum absolute atomic E-state index is 8.48. The van der Waals surface area contributed by atoms with Crippen LogP contribution in [0.1, 0.15) is 0 Å². The molecule has 0 aromatic heterocycles. The van der Waals surface area contributed by atoms with Crippen molar-refractivity contribution < 1.29 is 47.1 Å². The molecule has 0 fully saturated rings. The van der Waals surface area contributed by atoms with E-state index in [1.165, 1.54) is 0 Å². The topological polar surface area (TPSA) is 128 Å². The second kappa shape index (κ2) is 22.5. The first kappa shape index (κ1) is 26.1. The van der Waals surface area contributed by atoms with Crippen molar-refractivity contribution in [2.24, 2.45) is 0 Å². The molecule has 0 saturated carbocycles. The number of aliphatic hydroxyl groups is 6. The largest absolute Gasteiger partial charge is 2.00 e. The molecule has 0 aromatic carbocycles. The molecule has 0 heterocycles. The molecule has 0 amide bonds. The van der Waals surface area contributed by atoms with Crippen molar-refractivity contribution in [2.75, 3.05) is 78.9 Å². The monoisotopic (exact) mass is 356 g/mol. The normalized spacial score (nSPS) is 10.3. The van der Waals surface area contributed by atoms with Crippen LogP contribution in [-0.2, 0) is 16.5 Å². The molecule has 21 heavy (non-hydrogen) atoms. The third-order valence-electron chi connectivity index (χ3n) is 2.50. The molecular weight excluding hydrogens is 327 g/mol. The Kier molecular flexibility index (Phi) is 27.9. The summed E-state index contributed by atoms with van der Waals surface area (Å²) in [7, 11) is 0. The van der Waals surface area contributed by atoms with E-state index >= 15 is 0 Å². The summed E-state index contributed by atoms with van der Waals surface area (Å²) in [6, 6.07) is 0. The predicted molar refractivity (Wildman–Crippen MR) is 75.4 cm³/mol.